The van der Waals surface area contributed by atoms with Gasteiger partial charge in [-0.3, -0.25) is 9.59 Å². The summed E-state index contributed by atoms with van der Waals surface area (Å²) in [4.78, 5) is 24.6. The Morgan fingerprint density at radius 1 is 1.28 bits per heavy atom. The lowest BCUT2D eigenvalue weighted by molar-refractivity contribution is -0.149. The van der Waals surface area contributed by atoms with Crippen molar-refractivity contribution in [2.75, 3.05) is 20.8 Å². The van der Waals surface area contributed by atoms with Crippen LogP contribution in [0.1, 0.15) is 37.8 Å². The van der Waals surface area contributed by atoms with Gasteiger partial charge in [0.25, 0.3) is 5.91 Å². The summed E-state index contributed by atoms with van der Waals surface area (Å²) in [5.41, 5.74) is 0.550. The molecule has 0 unspecified atom stereocenters. The summed E-state index contributed by atoms with van der Waals surface area (Å²) in [7, 11) is 3.10. The van der Waals surface area contributed by atoms with E-state index in [1.165, 1.54) is 0 Å². The Morgan fingerprint density at radius 3 is 2.60 bits per heavy atom. The maximum absolute atomic E-state index is 12.7. The van der Waals surface area contributed by atoms with Crippen LogP contribution >= 0.6 is 0 Å². The van der Waals surface area contributed by atoms with Crippen molar-refractivity contribution >= 4 is 11.8 Å². The predicted octanol–water partition coefficient (Wildman–Crippen LogP) is 1.32. The zero-order valence-electron chi connectivity index (χ0n) is 14.8. The van der Waals surface area contributed by atoms with Crippen molar-refractivity contribution < 1.29 is 23.8 Å². The fourth-order valence-electron chi connectivity index (χ4n) is 3.28. The summed E-state index contributed by atoms with van der Waals surface area (Å²) in [5, 5.41) is 5.91. The highest BCUT2D eigenvalue weighted by Crippen LogP contribution is 2.34. The van der Waals surface area contributed by atoms with E-state index in [1.807, 2.05) is 6.92 Å². The molecule has 2 atom stereocenters. The molecular formula is C18H24N2O5. The number of hydrogen-bond donors (Lipinski definition) is 2. The average molecular weight is 348 g/mol. The Bertz CT molecular complexity index is 671. The van der Waals surface area contributed by atoms with Crippen molar-refractivity contribution in [3.63, 3.8) is 0 Å². The minimum absolute atomic E-state index is 0.126. The largest absolute Gasteiger partial charge is 0.493 e. The number of carbonyl (C=O) groups is 2. The van der Waals surface area contributed by atoms with E-state index in [-0.39, 0.29) is 24.0 Å². The standard InChI is InChI=1S/C18H24N2O5/c1-18(7-4-8-18)20-17(22)16-15(19-14(21)10-25-16)11-5-6-12(23-2)13(9-11)24-3/h5-6,9,15-16H,4,7-8,10H2,1-3H3,(H,19,21)(H,20,22)/t15-,16+/m1/s1. The van der Waals surface area contributed by atoms with Gasteiger partial charge in [-0.2, -0.15) is 0 Å². The van der Waals surface area contributed by atoms with E-state index >= 15 is 0 Å². The van der Waals surface area contributed by atoms with Crippen molar-refractivity contribution in [1.29, 1.82) is 0 Å². The van der Waals surface area contributed by atoms with Gasteiger partial charge in [-0.05, 0) is 43.9 Å². The minimum Gasteiger partial charge on any atom is -0.493 e. The Labute approximate surface area is 147 Å². The number of rotatable bonds is 5. The van der Waals surface area contributed by atoms with Crippen LogP contribution in [0.25, 0.3) is 0 Å². The van der Waals surface area contributed by atoms with Gasteiger partial charge in [0, 0.05) is 5.54 Å². The number of nitrogens with one attached hydrogen (secondary N) is 2. The van der Waals surface area contributed by atoms with Crippen LogP contribution in [0.2, 0.25) is 0 Å². The van der Waals surface area contributed by atoms with Gasteiger partial charge in [-0.15, -0.1) is 0 Å². The molecule has 1 aromatic carbocycles. The van der Waals surface area contributed by atoms with Crippen LogP contribution in [-0.4, -0.2) is 44.3 Å². The van der Waals surface area contributed by atoms with Crippen molar-refractivity contribution in [2.24, 2.45) is 0 Å². The van der Waals surface area contributed by atoms with Crippen LogP contribution in [0.4, 0.5) is 0 Å². The molecule has 3 rings (SSSR count). The molecular weight excluding hydrogens is 324 g/mol. The van der Waals surface area contributed by atoms with Gasteiger partial charge in [0.15, 0.2) is 17.6 Å². The van der Waals surface area contributed by atoms with Crippen LogP contribution in [0.3, 0.4) is 0 Å². The highest BCUT2D eigenvalue weighted by atomic mass is 16.5. The molecule has 0 radical (unpaired) electrons. The number of hydrogen-bond acceptors (Lipinski definition) is 5. The van der Waals surface area contributed by atoms with Crippen molar-refractivity contribution in [1.82, 2.24) is 10.6 Å². The van der Waals surface area contributed by atoms with Gasteiger partial charge in [0.1, 0.15) is 6.61 Å². The third kappa shape index (κ3) is 3.56. The van der Waals surface area contributed by atoms with Crippen LogP contribution in [0.15, 0.2) is 18.2 Å². The second kappa shape index (κ2) is 6.92. The third-order valence-electron chi connectivity index (χ3n) is 4.92. The molecule has 7 nitrogen and oxygen atoms in total. The molecule has 25 heavy (non-hydrogen) atoms. The molecule has 1 aliphatic heterocycles. The van der Waals surface area contributed by atoms with E-state index < -0.39 is 12.1 Å². The molecule has 0 aromatic heterocycles. The zero-order valence-corrected chi connectivity index (χ0v) is 14.8. The molecule has 1 saturated carbocycles. The first kappa shape index (κ1) is 17.5. The first-order valence-electron chi connectivity index (χ1n) is 8.41. The Kier molecular flexibility index (Phi) is 4.85. The summed E-state index contributed by atoms with van der Waals surface area (Å²) >= 11 is 0. The molecule has 1 aromatic rings. The molecule has 1 saturated heterocycles. The summed E-state index contributed by atoms with van der Waals surface area (Å²) in [6, 6.07) is 4.72. The van der Waals surface area contributed by atoms with Crippen LogP contribution in [0.5, 0.6) is 11.5 Å². The summed E-state index contributed by atoms with van der Waals surface area (Å²) < 4.78 is 16.1. The maximum Gasteiger partial charge on any atom is 0.252 e. The first-order chi connectivity index (χ1) is 12.0. The van der Waals surface area contributed by atoms with Crippen LogP contribution < -0.4 is 20.1 Å². The molecule has 0 spiro atoms. The van der Waals surface area contributed by atoms with E-state index in [0.29, 0.717) is 11.5 Å². The molecule has 1 heterocycles. The molecule has 2 aliphatic rings. The molecule has 2 N–H and O–H groups in total. The second-order valence-corrected chi connectivity index (χ2v) is 6.79. The molecule has 136 valence electrons. The number of ether oxygens (including phenoxy) is 3. The predicted molar refractivity (Wildman–Crippen MR) is 90.6 cm³/mol. The van der Waals surface area contributed by atoms with E-state index in [0.717, 1.165) is 24.8 Å². The molecule has 1 aliphatic carbocycles. The van der Waals surface area contributed by atoms with Crippen LogP contribution in [-0.2, 0) is 14.3 Å². The van der Waals surface area contributed by atoms with E-state index in [9.17, 15) is 9.59 Å². The maximum atomic E-state index is 12.7. The van der Waals surface area contributed by atoms with Gasteiger partial charge >= 0.3 is 0 Å². The van der Waals surface area contributed by atoms with E-state index in [1.54, 1.807) is 32.4 Å². The lowest BCUT2D eigenvalue weighted by Gasteiger charge is -2.41. The number of benzene rings is 1. The topological polar surface area (TPSA) is 85.9 Å². The van der Waals surface area contributed by atoms with E-state index in [2.05, 4.69) is 10.6 Å². The number of amides is 2. The number of morpholine rings is 1. The number of carbonyl (C=O) groups excluding carboxylic acids is 2. The van der Waals surface area contributed by atoms with E-state index in [4.69, 9.17) is 14.2 Å². The third-order valence-corrected chi connectivity index (χ3v) is 4.92. The van der Waals surface area contributed by atoms with Gasteiger partial charge in [-0.1, -0.05) is 6.07 Å². The monoisotopic (exact) mass is 348 g/mol. The highest BCUT2D eigenvalue weighted by molar-refractivity contribution is 5.86. The SMILES string of the molecule is COc1ccc([C@H]2NC(=O)CO[C@@H]2C(=O)NC2(C)CCC2)cc1OC. The van der Waals surface area contributed by atoms with Crippen molar-refractivity contribution in [3.05, 3.63) is 23.8 Å². The Balaban J connectivity index is 1.84. The highest BCUT2D eigenvalue weighted by Gasteiger charge is 2.41. The fourth-order valence-corrected chi connectivity index (χ4v) is 3.28. The lowest BCUT2D eigenvalue weighted by Crippen LogP contribution is -2.58. The fraction of sp³-hybridized carbons (Fsp3) is 0.556. The first-order valence-corrected chi connectivity index (χ1v) is 8.41. The molecule has 7 heteroatoms. The smallest absolute Gasteiger partial charge is 0.252 e. The molecule has 0 bridgehead atoms. The molecule has 2 amide bonds. The quantitative estimate of drug-likeness (QED) is 0.838. The van der Waals surface area contributed by atoms with Gasteiger partial charge in [0.05, 0.1) is 20.3 Å². The Hall–Kier alpha value is -2.28. The normalized spacial score (nSPS) is 24.7. The summed E-state index contributed by atoms with van der Waals surface area (Å²) in [5.74, 6) is 0.655. The second-order valence-electron chi connectivity index (χ2n) is 6.79. The van der Waals surface area contributed by atoms with Gasteiger partial charge in [0.2, 0.25) is 5.91 Å². The number of methoxy groups -OCH3 is 2. The average Bonchev–Trinajstić information content (AvgIpc) is 2.59. The van der Waals surface area contributed by atoms with Crippen molar-refractivity contribution in [3.8, 4) is 11.5 Å². The lowest BCUT2D eigenvalue weighted by atomic mass is 9.78. The zero-order chi connectivity index (χ0) is 18.0. The summed E-state index contributed by atoms with van der Waals surface area (Å²) in [6.45, 7) is 1.90. The minimum atomic E-state index is -0.784. The van der Waals surface area contributed by atoms with Crippen LogP contribution in [0, 0.1) is 0 Å². The Morgan fingerprint density at radius 2 is 2.00 bits per heavy atom. The molecule has 2 fully saturated rings. The van der Waals surface area contributed by atoms with Gasteiger partial charge < -0.3 is 24.8 Å². The van der Waals surface area contributed by atoms with Gasteiger partial charge in [-0.25, -0.2) is 0 Å². The van der Waals surface area contributed by atoms with Crippen molar-refractivity contribution in [2.45, 2.75) is 43.9 Å². The summed E-state index contributed by atoms with van der Waals surface area (Å²) in [6.07, 6.45) is 2.24.